The van der Waals surface area contributed by atoms with Gasteiger partial charge in [0.05, 0.1) is 12.5 Å². The van der Waals surface area contributed by atoms with E-state index in [9.17, 15) is 34.2 Å². The maximum absolute atomic E-state index is 13.4. The zero-order valence-electron chi connectivity index (χ0n) is 22.0. The fourth-order valence-electron chi connectivity index (χ4n) is 3.93. The lowest BCUT2D eigenvalue weighted by Crippen LogP contribution is -2.58. The number of rotatable bonds is 14. The molecule has 1 aromatic carbocycles. The Hall–Kier alpha value is -3.93. The van der Waals surface area contributed by atoms with Gasteiger partial charge in [-0.3, -0.25) is 19.2 Å². The number of nitrogens with one attached hydrogen (secondary N) is 4. The average Bonchev–Trinajstić information content (AvgIpc) is 3.27. The lowest BCUT2D eigenvalue weighted by atomic mass is 9.98. The summed E-state index contributed by atoms with van der Waals surface area (Å²) in [5, 5.41) is 26.9. The molecule has 0 saturated carbocycles. The zero-order valence-corrected chi connectivity index (χ0v) is 22.0. The van der Waals surface area contributed by atoms with Gasteiger partial charge in [0.25, 0.3) is 0 Å². The number of aliphatic carboxylic acids is 2. The third-order valence-corrected chi connectivity index (χ3v) is 6.53. The highest BCUT2D eigenvalue weighted by Crippen LogP contribution is 2.19. The van der Waals surface area contributed by atoms with Crippen LogP contribution >= 0.6 is 0 Å². The summed E-state index contributed by atoms with van der Waals surface area (Å²) in [5.41, 5.74) is 7.59. The van der Waals surface area contributed by atoms with E-state index >= 15 is 0 Å². The van der Waals surface area contributed by atoms with Crippen molar-refractivity contribution in [2.24, 2.45) is 17.6 Å². The number of nitrogens with two attached hydrogens (primary N) is 1. The molecule has 0 bridgehead atoms. The molecule has 38 heavy (non-hydrogen) atoms. The highest BCUT2D eigenvalue weighted by molar-refractivity contribution is 5.96. The first-order valence-electron chi connectivity index (χ1n) is 12.5. The van der Waals surface area contributed by atoms with Crippen molar-refractivity contribution in [3.05, 3.63) is 36.0 Å². The SMILES string of the molecule is CCC(C)C(N)C(=O)NC(Cc1c[nH]c2ccccc12)C(=O)NC(CC(=O)O)C(=O)NC(C(=O)O)C(C)C. The molecule has 0 fully saturated rings. The number of carboxylic acid groups (broad SMARTS) is 2. The smallest absolute Gasteiger partial charge is 0.326 e. The quantitative estimate of drug-likeness (QED) is 0.185. The highest BCUT2D eigenvalue weighted by Gasteiger charge is 2.33. The summed E-state index contributed by atoms with van der Waals surface area (Å²) in [5.74, 6) is -5.66. The van der Waals surface area contributed by atoms with E-state index in [1.165, 1.54) is 0 Å². The fraction of sp³-hybridized carbons (Fsp3) is 0.500. The molecule has 3 amide bonds. The number of H-pyrrole nitrogens is 1. The number of benzene rings is 1. The van der Waals surface area contributed by atoms with Crippen LogP contribution in [0.15, 0.2) is 30.5 Å². The monoisotopic (exact) mass is 531 g/mol. The molecule has 5 atom stereocenters. The van der Waals surface area contributed by atoms with E-state index in [0.717, 1.165) is 10.9 Å². The van der Waals surface area contributed by atoms with Crippen LogP contribution in [0.25, 0.3) is 10.9 Å². The van der Waals surface area contributed by atoms with Crippen molar-refractivity contribution in [2.45, 2.75) is 71.1 Å². The third-order valence-electron chi connectivity index (χ3n) is 6.53. The van der Waals surface area contributed by atoms with Crippen LogP contribution in [-0.2, 0) is 30.4 Å². The van der Waals surface area contributed by atoms with Gasteiger partial charge in [0, 0.05) is 23.5 Å². The number of fused-ring (bicyclic) bond motifs is 1. The maximum atomic E-state index is 13.4. The molecule has 0 radical (unpaired) electrons. The van der Waals surface area contributed by atoms with Crippen molar-refractivity contribution in [1.29, 1.82) is 0 Å². The normalized spacial score (nSPS) is 15.2. The Labute approximate surface area is 220 Å². The number of carbonyl (C=O) groups excluding carboxylic acids is 3. The van der Waals surface area contributed by atoms with Crippen LogP contribution in [0.3, 0.4) is 0 Å². The largest absolute Gasteiger partial charge is 0.481 e. The van der Waals surface area contributed by atoms with E-state index < -0.39 is 66.2 Å². The Kier molecular flexibility index (Phi) is 10.8. The van der Waals surface area contributed by atoms with E-state index in [1.807, 2.05) is 31.2 Å². The average molecular weight is 532 g/mol. The Balaban J connectivity index is 2.33. The number of amides is 3. The van der Waals surface area contributed by atoms with E-state index in [-0.39, 0.29) is 12.3 Å². The third kappa shape index (κ3) is 8.04. The van der Waals surface area contributed by atoms with E-state index in [2.05, 4.69) is 20.9 Å². The molecule has 208 valence electrons. The van der Waals surface area contributed by atoms with Crippen LogP contribution in [0.5, 0.6) is 0 Å². The summed E-state index contributed by atoms with van der Waals surface area (Å²) < 4.78 is 0. The van der Waals surface area contributed by atoms with Gasteiger partial charge in [-0.15, -0.1) is 0 Å². The van der Waals surface area contributed by atoms with E-state index in [4.69, 9.17) is 5.73 Å². The number of hydrogen-bond acceptors (Lipinski definition) is 6. The summed E-state index contributed by atoms with van der Waals surface area (Å²) in [6, 6.07) is 2.42. The van der Waals surface area contributed by atoms with Crippen molar-refractivity contribution in [3.63, 3.8) is 0 Å². The molecular formula is C26H37N5O7. The van der Waals surface area contributed by atoms with Crippen LogP contribution in [0.4, 0.5) is 0 Å². The summed E-state index contributed by atoms with van der Waals surface area (Å²) in [6.07, 6.45) is 1.57. The predicted molar refractivity (Wildman–Crippen MR) is 140 cm³/mol. The number of aromatic amines is 1. The molecule has 0 aliphatic carbocycles. The van der Waals surface area contributed by atoms with Gasteiger partial charge in [-0.2, -0.15) is 0 Å². The van der Waals surface area contributed by atoms with Crippen molar-refractivity contribution >= 4 is 40.6 Å². The Morgan fingerprint density at radius 2 is 1.53 bits per heavy atom. The van der Waals surface area contributed by atoms with Gasteiger partial charge in [-0.1, -0.05) is 52.3 Å². The Morgan fingerprint density at radius 1 is 0.921 bits per heavy atom. The second-order valence-electron chi connectivity index (χ2n) is 9.76. The van der Waals surface area contributed by atoms with Crippen LogP contribution in [-0.4, -0.2) is 69.0 Å². The zero-order chi connectivity index (χ0) is 28.6. The topological polar surface area (TPSA) is 204 Å². The van der Waals surface area contributed by atoms with Crippen molar-refractivity contribution in [1.82, 2.24) is 20.9 Å². The summed E-state index contributed by atoms with van der Waals surface area (Å²) >= 11 is 0. The molecule has 12 nitrogen and oxygen atoms in total. The van der Waals surface area contributed by atoms with Crippen LogP contribution in [0.1, 0.15) is 46.1 Å². The molecule has 0 aliphatic heterocycles. The van der Waals surface area contributed by atoms with Gasteiger partial charge in [0.1, 0.15) is 18.1 Å². The molecule has 1 heterocycles. The summed E-state index contributed by atoms with van der Waals surface area (Å²) in [4.78, 5) is 65.2. The minimum absolute atomic E-state index is 0.0277. The Morgan fingerprint density at radius 3 is 2.11 bits per heavy atom. The van der Waals surface area contributed by atoms with Gasteiger partial charge in [0.15, 0.2) is 0 Å². The molecule has 0 spiro atoms. The molecule has 2 aromatic rings. The summed E-state index contributed by atoms with van der Waals surface area (Å²) in [6.45, 7) is 6.85. The van der Waals surface area contributed by atoms with Crippen LogP contribution in [0.2, 0.25) is 0 Å². The van der Waals surface area contributed by atoms with E-state index in [0.29, 0.717) is 12.0 Å². The van der Waals surface area contributed by atoms with Gasteiger partial charge >= 0.3 is 11.9 Å². The number of aromatic nitrogens is 1. The number of carbonyl (C=O) groups is 5. The first-order valence-corrected chi connectivity index (χ1v) is 12.5. The standard InChI is InChI=1S/C26H37N5O7/c1-5-14(4)21(27)25(36)30-18(10-15-12-28-17-9-7-6-8-16(15)17)23(34)29-19(11-20(32)33)24(35)31-22(13(2)3)26(37)38/h6-9,12-14,18-19,21-22,28H,5,10-11,27H2,1-4H3,(H,29,34)(H,30,36)(H,31,35)(H,32,33)(H,37,38). The van der Waals surface area contributed by atoms with Crippen molar-refractivity contribution in [2.75, 3.05) is 0 Å². The molecule has 12 heteroatoms. The second kappa shape index (κ2) is 13.6. The molecule has 8 N–H and O–H groups in total. The molecule has 5 unspecified atom stereocenters. The highest BCUT2D eigenvalue weighted by atomic mass is 16.4. The van der Waals surface area contributed by atoms with Crippen molar-refractivity contribution < 1.29 is 34.2 Å². The lowest BCUT2D eigenvalue weighted by molar-refractivity contribution is -0.144. The molecular weight excluding hydrogens is 494 g/mol. The van der Waals surface area contributed by atoms with Crippen molar-refractivity contribution in [3.8, 4) is 0 Å². The van der Waals surface area contributed by atoms with Gasteiger partial charge in [-0.25, -0.2) is 4.79 Å². The molecule has 0 aliphatic rings. The number of para-hydroxylation sites is 1. The Bertz CT molecular complexity index is 1160. The molecule has 0 saturated heterocycles. The van der Waals surface area contributed by atoms with E-state index in [1.54, 1.807) is 27.0 Å². The van der Waals surface area contributed by atoms with Crippen LogP contribution < -0.4 is 21.7 Å². The predicted octanol–water partition coefficient (Wildman–Crippen LogP) is 0.754. The van der Waals surface area contributed by atoms with Gasteiger partial charge in [-0.05, 0) is 23.5 Å². The lowest BCUT2D eigenvalue weighted by Gasteiger charge is -2.26. The first-order chi connectivity index (χ1) is 17.8. The number of hydrogen-bond donors (Lipinski definition) is 7. The molecule has 1 aromatic heterocycles. The minimum atomic E-state index is -1.58. The number of carboxylic acids is 2. The molecule has 2 rings (SSSR count). The van der Waals surface area contributed by atoms with Crippen LogP contribution in [0, 0.1) is 11.8 Å². The fourth-order valence-corrected chi connectivity index (χ4v) is 3.93. The second-order valence-corrected chi connectivity index (χ2v) is 9.76. The maximum Gasteiger partial charge on any atom is 0.326 e. The summed E-state index contributed by atoms with van der Waals surface area (Å²) in [7, 11) is 0. The first kappa shape index (κ1) is 30.3. The van der Waals surface area contributed by atoms with Gasteiger partial charge < -0.3 is 36.9 Å². The van der Waals surface area contributed by atoms with Gasteiger partial charge in [0.2, 0.25) is 17.7 Å². The minimum Gasteiger partial charge on any atom is -0.481 e.